The lowest BCUT2D eigenvalue weighted by Crippen LogP contribution is -2.37. The molecule has 0 aliphatic rings. The van der Waals surface area contributed by atoms with E-state index in [1.807, 2.05) is 31.2 Å². The molecule has 0 amide bonds. The van der Waals surface area contributed by atoms with Crippen molar-refractivity contribution in [3.05, 3.63) is 35.4 Å². The van der Waals surface area contributed by atoms with Gasteiger partial charge in [0, 0.05) is 6.54 Å². The molecule has 4 nitrogen and oxygen atoms in total. The Hall–Kier alpha value is -1.39. The molecule has 0 aromatic heterocycles. The molecule has 18 heavy (non-hydrogen) atoms. The third-order valence-corrected chi connectivity index (χ3v) is 2.74. The Morgan fingerprint density at radius 2 is 1.89 bits per heavy atom. The van der Waals surface area contributed by atoms with Crippen LogP contribution in [0.3, 0.4) is 0 Å². The van der Waals surface area contributed by atoms with Crippen LogP contribution in [0.1, 0.15) is 31.4 Å². The Balaban J connectivity index is 2.48. The van der Waals surface area contributed by atoms with E-state index in [4.69, 9.17) is 9.84 Å². The summed E-state index contributed by atoms with van der Waals surface area (Å²) < 4.78 is 4.99. The van der Waals surface area contributed by atoms with Crippen LogP contribution in [0.2, 0.25) is 0 Å². The van der Waals surface area contributed by atoms with Gasteiger partial charge in [-0.1, -0.05) is 31.2 Å². The van der Waals surface area contributed by atoms with Gasteiger partial charge in [0.1, 0.15) is 6.04 Å². The molecule has 4 heteroatoms. The van der Waals surface area contributed by atoms with Crippen LogP contribution in [-0.4, -0.2) is 23.7 Å². The van der Waals surface area contributed by atoms with Crippen LogP contribution in [-0.2, 0) is 22.7 Å². The fraction of sp³-hybridized carbons (Fsp3) is 0.500. The molecule has 1 atom stereocenters. The number of carbonyl (C=O) groups excluding carboxylic acids is 1. The van der Waals surface area contributed by atoms with Gasteiger partial charge in [0.15, 0.2) is 0 Å². The van der Waals surface area contributed by atoms with E-state index in [9.17, 15) is 4.79 Å². The van der Waals surface area contributed by atoms with E-state index in [-0.39, 0.29) is 18.6 Å². The van der Waals surface area contributed by atoms with E-state index in [2.05, 4.69) is 5.32 Å². The van der Waals surface area contributed by atoms with E-state index in [1.54, 1.807) is 6.92 Å². The summed E-state index contributed by atoms with van der Waals surface area (Å²) in [6.45, 7) is 4.82. The summed E-state index contributed by atoms with van der Waals surface area (Å²) in [5.41, 5.74) is 1.96. The Labute approximate surface area is 108 Å². The SMILES string of the molecule is CCOC(=O)C(CC)NCc1ccc(CO)cc1. The number of carbonyl (C=O) groups is 1. The fourth-order valence-electron chi connectivity index (χ4n) is 1.64. The molecule has 2 N–H and O–H groups in total. The maximum Gasteiger partial charge on any atom is 0.323 e. The van der Waals surface area contributed by atoms with Gasteiger partial charge in [-0.2, -0.15) is 0 Å². The first-order valence-corrected chi connectivity index (χ1v) is 6.29. The number of hydrogen-bond acceptors (Lipinski definition) is 4. The normalized spacial score (nSPS) is 12.2. The number of rotatable bonds is 7. The third-order valence-electron chi connectivity index (χ3n) is 2.74. The third kappa shape index (κ3) is 4.47. The second kappa shape index (κ2) is 7.84. The van der Waals surface area contributed by atoms with Crippen LogP contribution < -0.4 is 5.32 Å². The second-order valence-corrected chi connectivity index (χ2v) is 4.07. The number of esters is 1. The largest absolute Gasteiger partial charge is 0.465 e. The van der Waals surface area contributed by atoms with Crippen LogP contribution >= 0.6 is 0 Å². The highest BCUT2D eigenvalue weighted by molar-refractivity contribution is 5.75. The number of aliphatic hydroxyl groups excluding tert-OH is 1. The number of nitrogens with one attached hydrogen (secondary N) is 1. The van der Waals surface area contributed by atoms with Gasteiger partial charge in [-0.3, -0.25) is 4.79 Å². The summed E-state index contributed by atoms with van der Waals surface area (Å²) in [4.78, 5) is 11.6. The van der Waals surface area contributed by atoms with Gasteiger partial charge in [0.25, 0.3) is 0 Å². The molecule has 0 radical (unpaired) electrons. The van der Waals surface area contributed by atoms with E-state index in [0.29, 0.717) is 19.6 Å². The zero-order valence-electron chi connectivity index (χ0n) is 11.0. The lowest BCUT2D eigenvalue weighted by molar-refractivity contribution is -0.145. The van der Waals surface area contributed by atoms with Crippen molar-refractivity contribution in [2.24, 2.45) is 0 Å². The van der Waals surface area contributed by atoms with Crippen molar-refractivity contribution >= 4 is 5.97 Å². The van der Waals surface area contributed by atoms with Crippen molar-refractivity contribution in [3.63, 3.8) is 0 Å². The average Bonchev–Trinajstić information content (AvgIpc) is 2.40. The van der Waals surface area contributed by atoms with Crippen LogP contribution in [0.4, 0.5) is 0 Å². The van der Waals surface area contributed by atoms with Gasteiger partial charge in [0.05, 0.1) is 13.2 Å². The number of hydrogen-bond donors (Lipinski definition) is 2. The van der Waals surface area contributed by atoms with E-state index in [1.165, 1.54) is 0 Å². The number of aliphatic hydroxyl groups is 1. The van der Waals surface area contributed by atoms with Gasteiger partial charge in [-0.15, -0.1) is 0 Å². The van der Waals surface area contributed by atoms with Crippen LogP contribution in [0, 0.1) is 0 Å². The topological polar surface area (TPSA) is 58.6 Å². The maximum atomic E-state index is 11.6. The number of benzene rings is 1. The first-order valence-electron chi connectivity index (χ1n) is 6.29. The Morgan fingerprint density at radius 1 is 1.28 bits per heavy atom. The quantitative estimate of drug-likeness (QED) is 0.723. The molecule has 100 valence electrons. The Morgan fingerprint density at radius 3 is 2.39 bits per heavy atom. The first kappa shape index (κ1) is 14.7. The molecule has 0 saturated heterocycles. The van der Waals surface area contributed by atoms with Crippen molar-refractivity contribution in [3.8, 4) is 0 Å². The molecule has 0 aliphatic carbocycles. The molecule has 1 aromatic rings. The van der Waals surface area contributed by atoms with Crippen molar-refractivity contribution in [2.45, 2.75) is 39.5 Å². The molecule has 0 fully saturated rings. The molecule has 1 rings (SSSR count). The highest BCUT2D eigenvalue weighted by Gasteiger charge is 2.16. The van der Waals surface area contributed by atoms with E-state index >= 15 is 0 Å². The van der Waals surface area contributed by atoms with E-state index in [0.717, 1.165) is 11.1 Å². The molecule has 0 saturated carbocycles. The van der Waals surface area contributed by atoms with Crippen molar-refractivity contribution < 1.29 is 14.6 Å². The highest BCUT2D eigenvalue weighted by atomic mass is 16.5. The Kier molecular flexibility index (Phi) is 6.39. The summed E-state index contributed by atoms with van der Waals surface area (Å²) in [6, 6.07) is 7.37. The minimum atomic E-state index is -0.262. The predicted octanol–water partition coefficient (Wildman–Crippen LogP) is 1.61. The zero-order chi connectivity index (χ0) is 13.4. The zero-order valence-corrected chi connectivity index (χ0v) is 11.0. The monoisotopic (exact) mass is 251 g/mol. The predicted molar refractivity (Wildman–Crippen MR) is 69.9 cm³/mol. The average molecular weight is 251 g/mol. The lowest BCUT2D eigenvalue weighted by atomic mass is 10.1. The summed E-state index contributed by atoms with van der Waals surface area (Å²) in [5, 5.41) is 12.1. The van der Waals surface area contributed by atoms with Crippen LogP contribution in [0.5, 0.6) is 0 Å². The molecule has 1 unspecified atom stereocenters. The summed E-state index contributed by atoms with van der Waals surface area (Å²) in [5.74, 6) is -0.202. The highest BCUT2D eigenvalue weighted by Crippen LogP contribution is 2.05. The fourth-order valence-corrected chi connectivity index (χ4v) is 1.64. The van der Waals surface area contributed by atoms with Crippen molar-refractivity contribution in [2.75, 3.05) is 6.61 Å². The molecular weight excluding hydrogens is 230 g/mol. The minimum Gasteiger partial charge on any atom is -0.465 e. The Bertz CT molecular complexity index is 362. The van der Waals surface area contributed by atoms with Crippen molar-refractivity contribution in [1.29, 1.82) is 0 Å². The van der Waals surface area contributed by atoms with Gasteiger partial charge < -0.3 is 15.2 Å². The van der Waals surface area contributed by atoms with Gasteiger partial charge in [-0.05, 0) is 24.5 Å². The van der Waals surface area contributed by atoms with Gasteiger partial charge >= 0.3 is 5.97 Å². The van der Waals surface area contributed by atoms with Crippen LogP contribution in [0.25, 0.3) is 0 Å². The maximum absolute atomic E-state index is 11.6. The second-order valence-electron chi connectivity index (χ2n) is 4.07. The first-order chi connectivity index (χ1) is 8.71. The standard InChI is InChI=1S/C14H21NO3/c1-3-13(14(17)18-4-2)15-9-11-5-7-12(10-16)8-6-11/h5-8,13,15-16H,3-4,9-10H2,1-2H3. The molecule has 0 bridgehead atoms. The van der Waals surface area contributed by atoms with Gasteiger partial charge in [-0.25, -0.2) is 0 Å². The molecule has 0 spiro atoms. The summed E-state index contributed by atoms with van der Waals surface area (Å²) in [6.07, 6.45) is 0.702. The van der Waals surface area contributed by atoms with Crippen LogP contribution in [0.15, 0.2) is 24.3 Å². The lowest BCUT2D eigenvalue weighted by Gasteiger charge is -2.15. The summed E-state index contributed by atoms with van der Waals surface area (Å²) in [7, 11) is 0. The molecule has 1 aromatic carbocycles. The molecule has 0 aliphatic heterocycles. The smallest absolute Gasteiger partial charge is 0.323 e. The summed E-state index contributed by atoms with van der Waals surface area (Å²) >= 11 is 0. The number of ether oxygens (including phenoxy) is 1. The molecule has 0 heterocycles. The van der Waals surface area contributed by atoms with E-state index < -0.39 is 0 Å². The van der Waals surface area contributed by atoms with Gasteiger partial charge in [0.2, 0.25) is 0 Å². The van der Waals surface area contributed by atoms with Crippen molar-refractivity contribution in [1.82, 2.24) is 5.32 Å². The molecular formula is C14H21NO3. The minimum absolute atomic E-state index is 0.0497.